The number of hydrogen-bond donors (Lipinski definition) is 0. The van der Waals surface area contributed by atoms with Gasteiger partial charge in [0.05, 0.1) is 5.69 Å². The molecule has 1 saturated heterocycles. The van der Waals surface area contributed by atoms with Crippen molar-refractivity contribution in [2.45, 2.75) is 73.0 Å². The first-order valence-electron chi connectivity index (χ1n) is 10.8. The lowest BCUT2D eigenvalue weighted by Crippen LogP contribution is -2.38. The predicted molar refractivity (Wildman–Crippen MR) is 118 cm³/mol. The fourth-order valence-corrected chi connectivity index (χ4v) is 3.41. The highest BCUT2D eigenvalue weighted by atomic mass is 16.5. The molecule has 0 bridgehead atoms. The van der Waals surface area contributed by atoms with E-state index in [1.807, 2.05) is 62.1 Å². The fraction of sp³-hybridized carbons (Fsp3) is 0.542. The molecule has 6 nitrogen and oxygen atoms in total. The van der Waals surface area contributed by atoms with Crippen LogP contribution in [0.25, 0.3) is 0 Å². The summed E-state index contributed by atoms with van der Waals surface area (Å²) in [5.41, 5.74) is 1.84. The van der Waals surface area contributed by atoms with Crippen LogP contribution in [-0.4, -0.2) is 35.0 Å². The summed E-state index contributed by atoms with van der Waals surface area (Å²) in [5.74, 6) is 0.905. The summed E-state index contributed by atoms with van der Waals surface area (Å²) < 4.78 is 9.85. The molecule has 30 heavy (non-hydrogen) atoms. The van der Waals surface area contributed by atoms with E-state index in [0.29, 0.717) is 24.9 Å². The van der Waals surface area contributed by atoms with E-state index >= 15 is 0 Å². The number of aryl methyl sites for hydroxylation is 1. The summed E-state index contributed by atoms with van der Waals surface area (Å²) in [6, 6.07) is 11.8. The number of carbonyl (C=O) groups is 2. The number of aromatic nitrogens is 1. The van der Waals surface area contributed by atoms with Gasteiger partial charge in [-0.15, -0.1) is 0 Å². The lowest BCUT2D eigenvalue weighted by molar-refractivity contribution is -0.135. The van der Waals surface area contributed by atoms with E-state index in [1.165, 1.54) is 0 Å². The zero-order chi connectivity index (χ0) is 22.5. The smallest absolute Gasteiger partial charge is 0.293 e. The van der Waals surface area contributed by atoms with E-state index in [-0.39, 0.29) is 17.7 Å². The molecular weight excluding hydrogens is 380 g/mol. The Morgan fingerprint density at radius 3 is 2.43 bits per heavy atom. The van der Waals surface area contributed by atoms with Crippen LogP contribution in [0, 0.1) is 12.8 Å². The van der Waals surface area contributed by atoms with Gasteiger partial charge in [0.2, 0.25) is 5.91 Å². The number of benzene rings is 1. The van der Waals surface area contributed by atoms with Crippen molar-refractivity contribution in [3.05, 3.63) is 53.4 Å². The molecule has 0 saturated carbocycles. The zero-order valence-electron chi connectivity index (χ0n) is 19.1. The van der Waals surface area contributed by atoms with Gasteiger partial charge in [-0.05, 0) is 38.2 Å². The summed E-state index contributed by atoms with van der Waals surface area (Å²) in [5, 5.41) is 3.90. The summed E-state index contributed by atoms with van der Waals surface area (Å²) in [6.45, 7) is 13.8. The van der Waals surface area contributed by atoms with Crippen molar-refractivity contribution in [3.63, 3.8) is 0 Å². The van der Waals surface area contributed by atoms with Gasteiger partial charge in [0.15, 0.2) is 0 Å². The molecule has 1 amide bonds. The summed E-state index contributed by atoms with van der Waals surface area (Å²) in [4.78, 5) is 24.4. The molecule has 3 rings (SSSR count). The average Bonchev–Trinajstić information content (AvgIpc) is 3.37. The van der Waals surface area contributed by atoms with Gasteiger partial charge in [0.1, 0.15) is 18.3 Å². The minimum absolute atomic E-state index is 0.186. The van der Waals surface area contributed by atoms with Crippen molar-refractivity contribution >= 4 is 12.4 Å². The van der Waals surface area contributed by atoms with E-state index in [4.69, 9.17) is 4.52 Å². The molecule has 0 N–H and O–H groups in total. The van der Waals surface area contributed by atoms with Crippen molar-refractivity contribution in [2.75, 3.05) is 6.54 Å². The van der Waals surface area contributed by atoms with E-state index in [2.05, 4.69) is 30.7 Å². The SMILES string of the molecule is CC.Cc1cc(C(C(=O)N2CCCC2C)C(C)C)on1.O=COCc1ccccc1. The van der Waals surface area contributed by atoms with Crippen LogP contribution in [-0.2, 0) is 20.9 Å². The van der Waals surface area contributed by atoms with E-state index in [1.54, 1.807) is 0 Å². The van der Waals surface area contributed by atoms with Crippen LogP contribution in [0.2, 0.25) is 0 Å². The van der Waals surface area contributed by atoms with Crippen molar-refractivity contribution in [1.82, 2.24) is 10.1 Å². The third-order valence-electron chi connectivity index (χ3n) is 4.88. The average molecular weight is 417 g/mol. The molecule has 1 aromatic carbocycles. The maximum absolute atomic E-state index is 12.6. The minimum atomic E-state index is -0.202. The molecule has 166 valence electrons. The maximum atomic E-state index is 12.6. The van der Waals surface area contributed by atoms with Crippen LogP contribution >= 0.6 is 0 Å². The van der Waals surface area contributed by atoms with E-state index < -0.39 is 0 Å². The minimum Gasteiger partial charge on any atom is -0.463 e. The van der Waals surface area contributed by atoms with Gasteiger partial charge < -0.3 is 14.2 Å². The first-order valence-corrected chi connectivity index (χ1v) is 10.8. The molecule has 2 unspecified atom stereocenters. The Morgan fingerprint density at radius 2 is 1.97 bits per heavy atom. The second-order valence-corrected chi connectivity index (χ2v) is 7.51. The van der Waals surface area contributed by atoms with Crippen LogP contribution < -0.4 is 0 Å². The predicted octanol–water partition coefficient (Wildman–Crippen LogP) is 5.12. The molecular formula is C24H36N2O4. The summed E-state index contributed by atoms with van der Waals surface area (Å²) in [7, 11) is 0. The summed E-state index contributed by atoms with van der Waals surface area (Å²) >= 11 is 0. The Kier molecular flexibility index (Phi) is 11.5. The fourth-order valence-electron chi connectivity index (χ4n) is 3.41. The van der Waals surface area contributed by atoms with Gasteiger partial charge in [0.25, 0.3) is 6.47 Å². The highest BCUT2D eigenvalue weighted by Gasteiger charge is 2.35. The van der Waals surface area contributed by atoms with Gasteiger partial charge in [-0.1, -0.05) is 63.2 Å². The number of hydrogen-bond acceptors (Lipinski definition) is 5. The molecule has 1 aromatic heterocycles. The maximum Gasteiger partial charge on any atom is 0.293 e. The lowest BCUT2D eigenvalue weighted by Gasteiger charge is -2.27. The van der Waals surface area contributed by atoms with Gasteiger partial charge in [0, 0.05) is 18.7 Å². The van der Waals surface area contributed by atoms with Crippen molar-refractivity contribution < 1.29 is 18.8 Å². The second-order valence-electron chi connectivity index (χ2n) is 7.51. The number of amides is 1. The standard InChI is InChI=1S/C14H22N2O2.C8H8O2.C2H6/c1-9(2)13(12-8-10(3)15-18-12)14(17)16-7-5-6-11(16)4;9-7-10-6-8-4-2-1-3-5-8;1-2/h8-9,11,13H,5-7H2,1-4H3;1-5,7H,6H2;1-2H3. The van der Waals surface area contributed by atoms with Crippen LogP contribution in [0.4, 0.5) is 0 Å². The van der Waals surface area contributed by atoms with Crippen LogP contribution in [0.5, 0.6) is 0 Å². The Morgan fingerprint density at radius 1 is 1.30 bits per heavy atom. The van der Waals surface area contributed by atoms with Crippen LogP contribution in [0.3, 0.4) is 0 Å². The largest absolute Gasteiger partial charge is 0.463 e. The number of ether oxygens (including phenoxy) is 1. The topological polar surface area (TPSA) is 72.6 Å². The molecule has 1 aliphatic rings. The number of carbonyl (C=O) groups excluding carboxylic acids is 2. The van der Waals surface area contributed by atoms with E-state index in [9.17, 15) is 9.59 Å². The summed E-state index contributed by atoms with van der Waals surface area (Å²) in [6.07, 6.45) is 2.21. The number of nitrogens with zero attached hydrogens (tertiary/aromatic N) is 2. The Balaban J connectivity index is 0.000000318. The Bertz CT molecular complexity index is 743. The van der Waals surface area contributed by atoms with Crippen LogP contribution in [0.15, 0.2) is 40.9 Å². The van der Waals surface area contributed by atoms with E-state index in [0.717, 1.165) is 30.6 Å². The first-order chi connectivity index (χ1) is 14.4. The number of rotatable bonds is 6. The second kappa shape index (κ2) is 13.6. The van der Waals surface area contributed by atoms with Crippen molar-refractivity contribution in [3.8, 4) is 0 Å². The Labute approximate surface area is 180 Å². The molecule has 2 atom stereocenters. The molecule has 0 aliphatic carbocycles. The lowest BCUT2D eigenvalue weighted by atomic mass is 9.91. The molecule has 1 fully saturated rings. The third kappa shape index (κ3) is 7.65. The molecule has 0 radical (unpaired) electrons. The van der Waals surface area contributed by atoms with Gasteiger partial charge in [-0.3, -0.25) is 9.59 Å². The molecule has 6 heteroatoms. The monoisotopic (exact) mass is 416 g/mol. The van der Waals surface area contributed by atoms with Gasteiger partial charge in [-0.25, -0.2) is 0 Å². The quantitative estimate of drug-likeness (QED) is 0.611. The number of likely N-dealkylation sites (tertiary alicyclic amines) is 1. The Hall–Kier alpha value is -2.63. The molecule has 2 aromatic rings. The molecule has 0 spiro atoms. The van der Waals surface area contributed by atoms with Gasteiger partial charge >= 0.3 is 0 Å². The van der Waals surface area contributed by atoms with Crippen molar-refractivity contribution in [1.29, 1.82) is 0 Å². The highest BCUT2D eigenvalue weighted by Crippen LogP contribution is 2.30. The van der Waals surface area contributed by atoms with Crippen molar-refractivity contribution in [2.24, 2.45) is 5.92 Å². The normalized spacial score (nSPS) is 16.1. The third-order valence-corrected chi connectivity index (χ3v) is 4.88. The highest BCUT2D eigenvalue weighted by molar-refractivity contribution is 5.83. The van der Waals surface area contributed by atoms with Gasteiger partial charge in [-0.2, -0.15) is 0 Å². The first kappa shape index (κ1) is 25.4. The molecule has 1 aliphatic heterocycles. The van der Waals surface area contributed by atoms with Crippen LogP contribution in [0.1, 0.15) is 70.4 Å². The molecule has 2 heterocycles. The zero-order valence-corrected chi connectivity index (χ0v) is 19.1.